The molecule has 1 saturated heterocycles. The molecule has 0 aromatic heterocycles. The van der Waals surface area contributed by atoms with Crippen molar-refractivity contribution in [1.82, 2.24) is 4.90 Å². The van der Waals surface area contributed by atoms with Gasteiger partial charge in [0.2, 0.25) is 0 Å². The number of likely N-dealkylation sites (tertiary alicyclic amines) is 1. The topological polar surface area (TPSA) is 42.0 Å². The van der Waals surface area contributed by atoms with Crippen molar-refractivity contribution in [3.63, 3.8) is 0 Å². The van der Waals surface area contributed by atoms with Crippen molar-refractivity contribution < 1.29 is 14.3 Å². The summed E-state index contributed by atoms with van der Waals surface area (Å²) in [5.74, 6) is 1.53. The van der Waals surface area contributed by atoms with Gasteiger partial charge in [-0.05, 0) is 86.4 Å². The van der Waals surface area contributed by atoms with Gasteiger partial charge in [-0.15, -0.1) is 0 Å². The molecular formula is C29H31ClN2O3. The fraction of sp³-hybridized carbons (Fsp3) is 0.345. The first-order chi connectivity index (χ1) is 17.0. The fourth-order valence-corrected chi connectivity index (χ4v) is 5.48. The number of ether oxygens (including phenoxy) is 2. The number of hydrogen-bond donors (Lipinski definition) is 0. The number of halogens is 1. The molecule has 0 radical (unpaired) electrons. The van der Waals surface area contributed by atoms with Crippen molar-refractivity contribution in [2.75, 3.05) is 38.3 Å². The second kappa shape index (κ2) is 9.92. The molecule has 2 aliphatic rings. The third-order valence-corrected chi connectivity index (χ3v) is 7.56. The lowest BCUT2D eigenvalue weighted by Crippen LogP contribution is -2.46. The Balaban J connectivity index is 1.29. The zero-order valence-corrected chi connectivity index (χ0v) is 21.1. The van der Waals surface area contributed by atoms with Crippen molar-refractivity contribution in [3.8, 4) is 11.5 Å². The molecule has 3 aromatic carbocycles. The maximum atomic E-state index is 13.3. The summed E-state index contributed by atoms with van der Waals surface area (Å²) >= 11 is 5.96. The highest BCUT2D eigenvalue weighted by Crippen LogP contribution is 2.47. The Morgan fingerprint density at radius 1 is 1.00 bits per heavy atom. The minimum absolute atomic E-state index is 0.00694. The fourth-order valence-electron chi connectivity index (χ4n) is 5.36. The Morgan fingerprint density at radius 3 is 2.51 bits per heavy atom. The molecule has 6 heteroatoms. The molecule has 0 unspecified atom stereocenters. The molecule has 1 fully saturated rings. The van der Waals surface area contributed by atoms with Gasteiger partial charge in [0.05, 0.1) is 7.11 Å². The van der Waals surface area contributed by atoms with Gasteiger partial charge in [-0.25, -0.2) is 0 Å². The summed E-state index contributed by atoms with van der Waals surface area (Å²) in [6.45, 7) is 5.74. The van der Waals surface area contributed by atoms with E-state index in [0.717, 1.165) is 43.9 Å². The first kappa shape index (κ1) is 23.7. The van der Waals surface area contributed by atoms with Crippen LogP contribution in [0.15, 0.2) is 66.7 Å². The summed E-state index contributed by atoms with van der Waals surface area (Å²) in [6, 6.07) is 21.9. The van der Waals surface area contributed by atoms with Crippen molar-refractivity contribution >= 4 is 23.2 Å². The first-order valence-electron chi connectivity index (χ1n) is 12.1. The number of carbonyl (C=O) groups is 1. The van der Waals surface area contributed by atoms with E-state index >= 15 is 0 Å². The van der Waals surface area contributed by atoms with Crippen molar-refractivity contribution in [3.05, 3.63) is 88.4 Å². The zero-order chi connectivity index (χ0) is 24.4. The van der Waals surface area contributed by atoms with Crippen LogP contribution in [0.2, 0.25) is 5.02 Å². The molecular weight excluding hydrogens is 460 g/mol. The van der Waals surface area contributed by atoms with Crippen LogP contribution in [-0.4, -0.2) is 44.2 Å². The van der Waals surface area contributed by atoms with E-state index in [-0.39, 0.29) is 17.9 Å². The van der Waals surface area contributed by atoms with E-state index in [9.17, 15) is 4.79 Å². The molecule has 0 N–H and O–H groups in total. The number of benzene rings is 3. The molecule has 0 saturated carbocycles. The molecule has 1 amide bonds. The average molecular weight is 491 g/mol. The SMILES string of the molecule is COc1cccc(CN2CCC3(CC2)CN(C(=O)COc2ccc(Cl)cc2)c2ccc(C)cc23)c1. The van der Waals surface area contributed by atoms with Crippen LogP contribution >= 0.6 is 11.6 Å². The highest BCUT2D eigenvalue weighted by atomic mass is 35.5. The molecule has 0 aliphatic carbocycles. The maximum Gasteiger partial charge on any atom is 0.264 e. The summed E-state index contributed by atoms with van der Waals surface area (Å²) < 4.78 is 11.2. The van der Waals surface area contributed by atoms with E-state index in [1.165, 1.54) is 16.7 Å². The van der Waals surface area contributed by atoms with Crippen LogP contribution in [0, 0.1) is 6.92 Å². The molecule has 2 aliphatic heterocycles. The first-order valence-corrected chi connectivity index (χ1v) is 12.5. The van der Waals surface area contributed by atoms with E-state index in [1.54, 1.807) is 31.4 Å². The summed E-state index contributed by atoms with van der Waals surface area (Å²) in [4.78, 5) is 17.7. The number of carbonyl (C=O) groups excluding carboxylic acids is 1. The lowest BCUT2D eigenvalue weighted by atomic mass is 9.74. The van der Waals surface area contributed by atoms with Gasteiger partial charge < -0.3 is 14.4 Å². The Kier molecular flexibility index (Phi) is 6.72. The highest BCUT2D eigenvalue weighted by molar-refractivity contribution is 6.30. The molecule has 182 valence electrons. The third kappa shape index (κ3) is 5.02. The van der Waals surface area contributed by atoms with E-state index in [0.29, 0.717) is 17.3 Å². The molecule has 5 nitrogen and oxygen atoms in total. The number of amides is 1. The maximum absolute atomic E-state index is 13.3. The zero-order valence-electron chi connectivity index (χ0n) is 20.3. The second-order valence-corrected chi connectivity index (χ2v) is 10.1. The van der Waals surface area contributed by atoms with Gasteiger partial charge in [-0.2, -0.15) is 0 Å². The molecule has 3 aromatic rings. The predicted molar refractivity (Wildman–Crippen MR) is 140 cm³/mol. The normalized spacial score (nSPS) is 16.8. The molecule has 0 atom stereocenters. The number of nitrogens with zero attached hydrogens (tertiary/aromatic N) is 2. The number of aryl methyl sites for hydroxylation is 1. The number of hydrogen-bond acceptors (Lipinski definition) is 4. The lowest BCUT2D eigenvalue weighted by molar-refractivity contribution is -0.120. The summed E-state index contributed by atoms with van der Waals surface area (Å²) in [7, 11) is 1.71. The van der Waals surface area contributed by atoms with Crippen molar-refractivity contribution in [2.45, 2.75) is 31.7 Å². The number of piperidine rings is 1. The molecule has 35 heavy (non-hydrogen) atoms. The third-order valence-electron chi connectivity index (χ3n) is 7.31. The van der Waals surface area contributed by atoms with Gasteiger partial charge in [0.1, 0.15) is 11.5 Å². The van der Waals surface area contributed by atoms with Crippen LogP contribution in [-0.2, 0) is 16.8 Å². The van der Waals surface area contributed by atoms with Gasteiger partial charge in [0.25, 0.3) is 5.91 Å². The standard InChI is InChI=1S/C29H31ClN2O3/c1-21-6-11-27-26(16-21)29(20-32(27)28(33)19-35-24-9-7-23(30)8-10-24)12-14-31(15-13-29)18-22-4-3-5-25(17-22)34-2/h3-11,16-17H,12-15,18-20H2,1-2H3. The number of rotatable bonds is 6. The summed E-state index contributed by atoms with van der Waals surface area (Å²) in [6.07, 6.45) is 2.05. The van der Waals surface area contributed by atoms with Crippen LogP contribution in [0.25, 0.3) is 0 Å². The number of fused-ring (bicyclic) bond motifs is 2. The van der Waals surface area contributed by atoms with E-state index in [4.69, 9.17) is 21.1 Å². The Bertz CT molecular complexity index is 1200. The quantitative estimate of drug-likeness (QED) is 0.450. The van der Waals surface area contributed by atoms with Crippen molar-refractivity contribution in [2.24, 2.45) is 0 Å². The van der Waals surface area contributed by atoms with Crippen molar-refractivity contribution in [1.29, 1.82) is 0 Å². The summed E-state index contributed by atoms with van der Waals surface area (Å²) in [5.41, 5.74) is 4.81. The van der Waals surface area contributed by atoms with Crippen LogP contribution in [0.5, 0.6) is 11.5 Å². The van der Waals surface area contributed by atoms with Crippen LogP contribution in [0.3, 0.4) is 0 Å². The minimum atomic E-state index is -0.0132. The number of anilines is 1. The lowest BCUT2D eigenvalue weighted by Gasteiger charge is -2.40. The largest absolute Gasteiger partial charge is 0.497 e. The van der Waals surface area contributed by atoms with Crippen LogP contribution in [0.1, 0.15) is 29.5 Å². The van der Waals surface area contributed by atoms with E-state index in [1.807, 2.05) is 17.0 Å². The average Bonchev–Trinajstić information content (AvgIpc) is 3.18. The van der Waals surface area contributed by atoms with Crippen LogP contribution < -0.4 is 14.4 Å². The highest BCUT2D eigenvalue weighted by Gasteiger charge is 2.46. The summed E-state index contributed by atoms with van der Waals surface area (Å²) in [5, 5.41) is 0.646. The van der Waals surface area contributed by atoms with Gasteiger partial charge in [0.15, 0.2) is 6.61 Å². The number of methoxy groups -OCH3 is 1. The van der Waals surface area contributed by atoms with E-state index in [2.05, 4.69) is 42.2 Å². The van der Waals surface area contributed by atoms with E-state index < -0.39 is 0 Å². The van der Waals surface area contributed by atoms with Gasteiger partial charge >= 0.3 is 0 Å². The minimum Gasteiger partial charge on any atom is -0.497 e. The Hall–Kier alpha value is -3.02. The Labute approximate surface area is 212 Å². The van der Waals surface area contributed by atoms with Gasteiger partial charge in [0, 0.05) is 29.2 Å². The molecule has 0 bridgehead atoms. The predicted octanol–water partition coefficient (Wildman–Crippen LogP) is 5.62. The Morgan fingerprint density at radius 2 is 1.77 bits per heavy atom. The second-order valence-electron chi connectivity index (χ2n) is 9.65. The van der Waals surface area contributed by atoms with Gasteiger partial charge in [-0.1, -0.05) is 41.4 Å². The monoisotopic (exact) mass is 490 g/mol. The van der Waals surface area contributed by atoms with Gasteiger partial charge in [-0.3, -0.25) is 9.69 Å². The molecule has 2 heterocycles. The molecule has 5 rings (SSSR count). The molecule has 1 spiro atoms. The van der Waals surface area contributed by atoms with Crippen LogP contribution in [0.4, 0.5) is 5.69 Å². The smallest absolute Gasteiger partial charge is 0.264 e.